The Morgan fingerprint density at radius 3 is 2.50 bits per heavy atom. The van der Waals surface area contributed by atoms with Crippen LogP contribution in [0, 0.1) is 29.1 Å². The van der Waals surface area contributed by atoms with E-state index in [0.29, 0.717) is 17.3 Å². The van der Waals surface area contributed by atoms with E-state index in [9.17, 15) is 4.79 Å². The highest BCUT2D eigenvalue weighted by atomic mass is 16.4. The minimum absolute atomic E-state index is 0.152. The summed E-state index contributed by atoms with van der Waals surface area (Å²) in [6.45, 7) is 6.50. The molecule has 4 unspecified atom stereocenters. The summed E-state index contributed by atoms with van der Waals surface area (Å²) < 4.78 is 0. The SMILES string of the molecule is CC(C(=O)O)C1CCC2CC1C2(C)C. The van der Waals surface area contributed by atoms with Gasteiger partial charge >= 0.3 is 5.97 Å². The molecule has 0 aromatic rings. The zero-order valence-electron chi connectivity index (χ0n) is 9.29. The van der Waals surface area contributed by atoms with Gasteiger partial charge in [-0.05, 0) is 42.4 Å². The van der Waals surface area contributed by atoms with Gasteiger partial charge in [0.1, 0.15) is 0 Å². The number of carboxylic acids is 1. The first-order valence-corrected chi connectivity index (χ1v) is 5.67. The molecule has 3 fully saturated rings. The number of hydrogen-bond donors (Lipinski definition) is 1. The van der Waals surface area contributed by atoms with Crippen LogP contribution < -0.4 is 0 Å². The average Bonchev–Trinajstić information content (AvgIpc) is 2.16. The van der Waals surface area contributed by atoms with Crippen molar-refractivity contribution >= 4 is 5.97 Å². The van der Waals surface area contributed by atoms with Gasteiger partial charge in [0, 0.05) is 0 Å². The summed E-state index contributed by atoms with van der Waals surface area (Å²) in [5.41, 5.74) is 0.409. The van der Waals surface area contributed by atoms with Gasteiger partial charge in [0.25, 0.3) is 0 Å². The van der Waals surface area contributed by atoms with Gasteiger partial charge in [-0.1, -0.05) is 20.8 Å². The van der Waals surface area contributed by atoms with Gasteiger partial charge < -0.3 is 5.11 Å². The van der Waals surface area contributed by atoms with Crippen molar-refractivity contribution < 1.29 is 9.90 Å². The van der Waals surface area contributed by atoms with E-state index >= 15 is 0 Å². The van der Waals surface area contributed by atoms with Gasteiger partial charge in [-0.15, -0.1) is 0 Å². The molecule has 2 nitrogen and oxygen atoms in total. The van der Waals surface area contributed by atoms with E-state index in [0.717, 1.165) is 12.3 Å². The number of fused-ring (bicyclic) bond motifs is 2. The second kappa shape index (κ2) is 2.98. The van der Waals surface area contributed by atoms with Gasteiger partial charge in [-0.2, -0.15) is 0 Å². The third-order valence-corrected chi connectivity index (χ3v) is 4.94. The molecule has 2 bridgehead atoms. The van der Waals surface area contributed by atoms with Gasteiger partial charge in [-0.25, -0.2) is 0 Å². The van der Waals surface area contributed by atoms with Crippen LogP contribution in [-0.4, -0.2) is 11.1 Å². The second-order valence-electron chi connectivity index (χ2n) is 5.73. The number of carboxylic acid groups (broad SMARTS) is 1. The van der Waals surface area contributed by atoms with Crippen molar-refractivity contribution in [2.24, 2.45) is 29.1 Å². The molecule has 0 spiro atoms. The summed E-state index contributed by atoms with van der Waals surface area (Å²) in [5, 5.41) is 9.04. The molecule has 0 aromatic carbocycles. The van der Waals surface area contributed by atoms with Gasteiger partial charge in [0.05, 0.1) is 5.92 Å². The fourth-order valence-electron chi connectivity index (χ4n) is 3.65. The summed E-state index contributed by atoms with van der Waals surface area (Å²) in [7, 11) is 0. The first kappa shape index (κ1) is 10.0. The molecular weight excluding hydrogens is 176 g/mol. The molecule has 2 heteroatoms. The molecule has 4 atom stereocenters. The van der Waals surface area contributed by atoms with Crippen LogP contribution in [0.5, 0.6) is 0 Å². The highest BCUT2D eigenvalue weighted by Gasteiger charge is 2.55. The quantitative estimate of drug-likeness (QED) is 0.737. The lowest BCUT2D eigenvalue weighted by atomic mass is 9.44. The van der Waals surface area contributed by atoms with Crippen LogP contribution in [0.4, 0.5) is 0 Å². The lowest BCUT2D eigenvalue weighted by molar-refractivity contribution is -0.156. The van der Waals surface area contributed by atoms with E-state index in [-0.39, 0.29) is 5.92 Å². The Labute approximate surface area is 85.7 Å². The predicted molar refractivity (Wildman–Crippen MR) is 54.9 cm³/mol. The maximum absolute atomic E-state index is 11.0. The normalized spacial score (nSPS) is 41.2. The van der Waals surface area contributed by atoms with E-state index in [1.807, 2.05) is 6.92 Å². The minimum atomic E-state index is -0.615. The Morgan fingerprint density at radius 1 is 1.43 bits per heavy atom. The van der Waals surface area contributed by atoms with E-state index in [2.05, 4.69) is 13.8 Å². The summed E-state index contributed by atoms with van der Waals surface area (Å²) in [4.78, 5) is 11.0. The number of aliphatic carboxylic acids is 1. The van der Waals surface area contributed by atoms with Crippen molar-refractivity contribution in [1.29, 1.82) is 0 Å². The predicted octanol–water partition coefficient (Wildman–Crippen LogP) is 2.78. The summed E-state index contributed by atoms with van der Waals surface area (Å²) >= 11 is 0. The molecule has 3 aliphatic rings. The largest absolute Gasteiger partial charge is 0.481 e. The summed E-state index contributed by atoms with van der Waals surface area (Å²) in [5.74, 6) is 1.18. The molecule has 0 aliphatic heterocycles. The van der Waals surface area contributed by atoms with Crippen LogP contribution in [0.3, 0.4) is 0 Å². The van der Waals surface area contributed by atoms with Crippen molar-refractivity contribution in [3.63, 3.8) is 0 Å². The molecule has 80 valence electrons. The monoisotopic (exact) mass is 196 g/mol. The Morgan fingerprint density at radius 2 is 2.07 bits per heavy atom. The van der Waals surface area contributed by atoms with Gasteiger partial charge in [-0.3, -0.25) is 4.79 Å². The van der Waals surface area contributed by atoms with Crippen molar-refractivity contribution in [3.8, 4) is 0 Å². The summed E-state index contributed by atoms with van der Waals surface area (Å²) in [6.07, 6.45) is 3.65. The van der Waals surface area contributed by atoms with E-state index < -0.39 is 5.97 Å². The topological polar surface area (TPSA) is 37.3 Å². The van der Waals surface area contributed by atoms with E-state index in [4.69, 9.17) is 5.11 Å². The average molecular weight is 196 g/mol. The Balaban J connectivity index is 2.11. The first-order valence-electron chi connectivity index (χ1n) is 5.67. The zero-order chi connectivity index (χ0) is 10.5. The van der Waals surface area contributed by atoms with E-state index in [1.165, 1.54) is 12.8 Å². The third kappa shape index (κ3) is 1.19. The Bertz CT molecular complexity index is 255. The third-order valence-electron chi connectivity index (χ3n) is 4.94. The van der Waals surface area contributed by atoms with Crippen LogP contribution in [0.15, 0.2) is 0 Å². The molecule has 14 heavy (non-hydrogen) atoms. The first-order chi connectivity index (χ1) is 6.44. The van der Waals surface area contributed by atoms with Crippen LogP contribution >= 0.6 is 0 Å². The van der Waals surface area contributed by atoms with Crippen molar-refractivity contribution in [1.82, 2.24) is 0 Å². The fraction of sp³-hybridized carbons (Fsp3) is 0.917. The molecule has 3 saturated carbocycles. The van der Waals surface area contributed by atoms with Gasteiger partial charge in [0.15, 0.2) is 0 Å². The van der Waals surface area contributed by atoms with Crippen LogP contribution in [0.2, 0.25) is 0 Å². The Hall–Kier alpha value is -0.530. The Kier molecular flexibility index (Phi) is 2.13. The van der Waals surface area contributed by atoms with Gasteiger partial charge in [0.2, 0.25) is 0 Å². The maximum atomic E-state index is 11.0. The van der Waals surface area contributed by atoms with Crippen molar-refractivity contribution in [2.45, 2.75) is 40.0 Å². The smallest absolute Gasteiger partial charge is 0.306 e. The molecule has 1 N–H and O–H groups in total. The minimum Gasteiger partial charge on any atom is -0.481 e. The molecule has 0 saturated heterocycles. The molecule has 0 amide bonds. The van der Waals surface area contributed by atoms with E-state index in [1.54, 1.807) is 0 Å². The highest BCUT2D eigenvalue weighted by Crippen LogP contribution is 2.62. The van der Waals surface area contributed by atoms with Crippen LogP contribution in [0.1, 0.15) is 40.0 Å². The molecule has 0 heterocycles. The van der Waals surface area contributed by atoms with Crippen molar-refractivity contribution in [3.05, 3.63) is 0 Å². The maximum Gasteiger partial charge on any atom is 0.306 e. The van der Waals surface area contributed by atoms with Crippen LogP contribution in [0.25, 0.3) is 0 Å². The zero-order valence-corrected chi connectivity index (χ0v) is 9.29. The number of rotatable bonds is 2. The fourth-order valence-corrected chi connectivity index (χ4v) is 3.65. The molecule has 3 aliphatic carbocycles. The highest BCUT2D eigenvalue weighted by molar-refractivity contribution is 5.70. The molecule has 0 radical (unpaired) electrons. The molecule has 0 aromatic heterocycles. The lowest BCUT2D eigenvalue weighted by Crippen LogP contribution is -2.54. The van der Waals surface area contributed by atoms with Crippen LogP contribution in [-0.2, 0) is 4.79 Å². The lowest BCUT2D eigenvalue weighted by Gasteiger charge is -2.61. The van der Waals surface area contributed by atoms with Crippen molar-refractivity contribution in [2.75, 3.05) is 0 Å². The second-order valence-corrected chi connectivity index (χ2v) is 5.73. The number of carbonyl (C=O) groups is 1. The standard InChI is InChI=1S/C12H20O2/c1-7(11(13)14)9-5-4-8-6-10(9)12(8,2)3/h7-10H,4-6H2,1-3H3,(H,13,14). The number of hydrogen-bond acceptors (Lipinski definition) is 1. The molecular formula is C12H20O2. The molecule has 3 rings (SSSR count). The summed E-state index contributed by atoms with van der Waals surface area (Å²) in [6, 6.07) is 0.